The van der Waals surface area contributed by atoms with Crippen LogP contribution in [0.25, 0.3) is 0 Å². The number of benzene rings is 1. The predicted octanol–water partition coefficient (Wildman–Crippen LogP) is 3.31. The number of rotatable bonds is 5. The normalized spacial score (nSPS) is 18.5. The van der Waals surface area contributed by atoms with Crippen molar-refractivity contribution in [1.29, 1.82) is 0 Å². The third-order valence-corrected chi connectivity index (χ3v) is 6.77. The molecule has 8 heteroatoms. The number of Topliss-reactive ketones (excluding diaryl/α,β-unsaturated/α-hetero) is 1. The van der Waals surface area contributed by atoms with Crippen LogP contribution in [0.5, 0.6) is 0 Å². The lowest BCUT2D eigenvalue weighted by atomic mass is 10.1. The Labute approximate surface area is 161 Å². The molecule has 0 spiro atoms. The molecule has 1 fully saturated rings. The second-order valence-electron chi connectivity index (χ2n) is 6.29. The molecule has 138 valence electrons. The molecule has 0 saturated carbocycles. The van der Waals surface area contributed by atoms with E-state index in [9.17, 15) is 13.2 Å². The van der Waals surface area contributed by atoms with E-state index in [4.69, 9.17) is 0 Å². The fourth-order valence-corrected chi connectivity index (χ4v) is 4.72. The molecule has 1 aromatic heterocycles. The van der Waals surface area contributed by atoms with Crippen LogP contribution in [0.4, 0.5) is 5.82 Å². The maximum absolute atomic E-state index is 12.8. The van der Waals surface area contributed by atoms with Gasteiger partial charge in [0.15, 0.2) is 5.78 Å². The first-order chi connectivity index (χ1) is 12.4. The van der Waals surface area contributed by atoms with E-state index in [0.29, 0.717) is 29.4 Å². The molecule has 1 N–H and O–H groups in total. The zero-order chi connectivity index (χ0) is 18.7. The van der Waals surface area contributed by atoms with Gasteiger partial charge in [-0.15, -0.1) is 0 Å². The van der Waals surface area contributed by atoms with Crippen LogP contribution < -0.4 is 5.32 Å². The van der Waals surface area contributed by atoms with Crippen LogP contribution in [0.15, 0.2) is 52.0 Å². The second kappa shape index (κ2) is 7.85. The Bertz CT molecular complexity index is 883. The van der Waals surface area contributed by atoms with Crippen molar-refractivity contribution in [2.45, 2.75) is 30.7 Å². The minimum atomic E-state index is -3.51. The summed E-state index contributed by atoms with van der Waals surface area (Å²) < 4.78 is 28.0. The highest BCUT2D eigenvalue weighted by molar-refractivity contribution is 9.10. The van der Waals surface area contributed by atoms with Gasteiger partial charge in [0.25, 0.3) is 0 Å². The zero-order valence-corrected chi connectivity index (χ0v) is 16.8. The number of pyridine rings is 1. The summed E-state index contributed by atoms with van der Waals surface area (Å²) in [7, 11) is -3.51. The summed E-state index contributed by atoms with van der Waals surface area (Å²) in [5.74, 6) is 0.608. The number of piperidine rings is 1. The summed E-state index contributed by atoms with van der Waals surface area (Å²) >= 11 is 3.32. The van der Waals surface area contributed by atoms with Crippen molar-refractivity contribution in [2.75, 3.05) is 18.4 Å². The van der Waals surface area contributed by atoms with Crippen LogP contribution in [0.3, 0.4) is 0 Å². The Morgan fingerprint density at radius 3 is 2.58 bits per heavy atom. The monoisotopic (exact) mass is 437 g/mol. The van der Waals surface area contributed by atoms with Gasteiger partial charge < -0.3 is 5.32 Å². The number of carbonyl (C=O) groups is 1. The number of aromatic nitrogens is 1. The number of anilines is 1. The van der Waals surface area contributed by atoms with E-state index in [1.54, 1.807) is 36.4 Å². The standard InChI is InChI=1S/C18H20BrN3O3S/c1-13(23)14-4-9-18(20-11-14)21-16-3-2-10-22(12-16)26(24,25)17-7-5-15(19)6-8-17/h4-9,11,16H,2-3,10,12H2,1H3,(H,20,21). The predicted molar refractivity (Wildman–Crippen MR) is 104 cm³/mol. The Morgan fingerprint density at radius 2 is 1.96 bits per heavy atom. The van der Waals surface area contributed by atoms with E-state index in [-0.39, 0.29) is 11.8 Å². The highest BCUT2D eigenvalue weighted by Gasteiger charge is 2.30. The molecular formula is C18H20BrN3O3S. The Balaban J connectivity index is 1.70. The summed E-state index contributed by atoms with van der Waals surface area (Å²) in [6, 6.07) is 10.1. The van der Waals surface area contributed by atoms with Crippen LogP contribution >= 0.6 is 15.9 Å². The largest absolute Gasteiger partial charge is 0.366 e. The molecule has 0 bridgehead atoms. The van der Waals surface area contributed by atoms with E-state index in [0.717, 1.165) is 17.3 Å². The minimum Gasteiger partial charge on any atom is -0.366 e. The number of ketones is 1. The molecule has 1 aromatic carbocycles. The van der Waals surface area contributed by atoms with Crippen molar-refractivity contribution in [3.63, 3.8) is 0 Å². The molecule has 2 heterocycles. The first kappa shape index (κ1) is 19.0. The van der Waals surface area contributed by atoms with Crippen molar-refractivity contribution < 1.29 is 13.2 Å². The van der Waals surface area contributed by atoms with E-state index < -0.39 is 10.0 Å². The Morgan fingerprint density at radius 1 is 1.23 bits per heavy atom. The molecule has 0 aliphatic carbocycles. The molecule has 26 heavy (non-hydrogen) atoms. The molecule has 1 aliphatic heterocycles. The summed E-state index contributed by atoms with van der Waals surface area (Å²) in [5, 5.41) is 3.27. The number of halogens is 1. The van der Waals surface area contributed by atoms with Gasteiger partial charge in [0.05, 0.1) is 4.90 Å². The maximum Gasteiger partial charge on any atom is 0.243 e. The minimum absolute atomic E-state index is 0.0235. The van der Waals surface area contributed by atoms with Crippen LogP contribution in [-0.4, -0.2) is 42.6 Å². The van der Waals surface area contributed by atoms with Crippen LogP contribution in [0.1, 0.15) is 30.1 Å². The van der Waals surface area contributed by atoms with Gasteiger partial charge in [-0.1, -0.05) is 15.9 Å². The molecule has 1 atom stereocenters. The summed E-state index contributed by atoms with van der Waals surface area (Å²) in [6.07, 6.45) is 3.17. The molecule has 6 nitrogen and oxygen atoms in total. The molecular weight excluding hydrogens is 418 g/mol. The van der Waals surface area contributed by atoms with Gasteiger partial charge in [0.2, 0.25) is 10.0 Å². The lowest BCUT2D eigenvalue weighted by Gasteiger charge is -2.32. The van der Waals surface area contributed by atoms with Gasteiger partial charge in [-0.2, -0.15) is 4.31 Å². The summed E-state index contributed by atoms with van der Waals surface area (Å²) in [5.41, 5.74) is 0.554. The lowest BCUT2D eigenvalue weighted by molar-refractivity contribution is 0.101. The highest BCUT2D eigenvalue weighted by atomic mass is 79.9. The highest BCUT2D eigenvalue weighted by Crippen LogP contribution is 2.23. The number of sulfonamides is 1. The third-order valence-electron chi connectivity index (χ3n) is 4.36. The van der Waals surface area contributed by atoms with Crippen molar-refractivity contribution >= 4 is 37.6 Å². The second-order valence-corrected chi connectivity index (χ2v) is 9.14. The van der Waals surface area contributed by atoms with Gasteiger partial charge in [0, 0.05) is 35.4 Å². The number of nitrogens with zero attached hydrogens (tertiary/aromatic N) is 2. The van der Waals surface area contributed by atoms with Crippen LogP contribution in [0, 0.1) is 0 Å². The smallest absolute Gasteiger partial charge is 0.243 e. The lowest BCUT2D eigenvalue weighted by Crippen LogP contribution is -2.45. The van der Waals surface area contributed by atoms with Crippen molar-refractivity contribution in [3.8, 4) is 0 Å². The van der Waals surface area contributed by atoms with Crippen molar-refractivity contribution in [1.82, 2.24) is 9.29 Å². The SMILES string of the molecule is CC(=O)c1ccc(NC2CCCN(S(=O)(=O)c3ccc(Br)cc3)C2)nc1. The van der Waals surface area contributed by atoms with Gasteiger partial charge in [-0.05, 0) is 56.2 Å². The molecule has 3 rings (SSSR count). The topological polar surface area (TPSA) is 79.4 Å². The van der Waals surface area contributed by atoms with Gasteiger partial charge >= 0.3 is 0 Å². The maximum atomic E-state index is 12.8. The molecule has 0 radical (unpaired) electrons. The van der Waals surface area contributed by atoms with Gasteiger partial charge in [0.1, 0.15) is 5.82 Å². The fourth-order valence-electron chi connectivity index (χ4n) is 2.93. The van der Waals surface area contributed by atoms with E-state index in [1.165, 1.54) is 17.4 Å². The molecule has 1 aliphatic rings. The van der Waals surface area contributed by atoms with Crippen molar-refractivity contribution in [2.24, 2.45) is 0 Å². The first-order valence-corrected chi connectivity index (χ1v) is 10.6. The summed E-state index contributed by atoms with van der Waals surface area (Å²) in [6.45, 7) is 2.39. The molecule has 0 amide bonds. The number of hydrogen-bond acceptors (Lipinski definition) is 5. The van der Waals surface area contributed by atoms with Gasteiger partial charge in [-0.3, -0.25) is 4.79 Å². The number of carbonyl (C=O) groups excluding carboxylic acids is 1. The van der Waals surface area contributed by atoms with Crippen molar-refractivity contribution in [3.05, 3.63) is 52.6 Å². The molecule has 2 aromatic rings. The average Bonchev–Trinajstić information content (AvgIpc) is 2.63. The molecule has 1 unspecified atom stereocenters. The van der Waals surface area contributed by atoms with Crippen LogP contribution in [-0.2, 0) is 10.0 Å². The van der Waals surface area contributed by atoms with Gasteiger partial charge in [-0.25, -0.2) is 13.4 Å². The summed E-state index contributed by atoms with van der Waals surface area (Å²) in [4.78, 5) is 15.9. The Kier molecular flexibility index (Phi) is 5.74. The molecule has 1 saturated heterocycles. The number of hydrogen-bond donors (Lipinski definition) is 1. The first-order valence-electron chi connectivity index (χ1n) is 8.35. The van der Waals surface area contributed by atoms with E-state index >= 15 is 0 Å². The zero-order valence-electron chi connectivity index (χ0n) is 14.4. The van der Waals surface area contributed by atoms with E-state index in [1.807, 2.05) is 0 Å². The van der Waals surface area contributed by atoms with E-state index in [2.05, 4.69) is 26.2 Å². The average molecular weight is 438 g/mol. The number of nitrogens with one attached hydrogen (secondary N) is 1. The van der Waals surface area contributed by atoms with Crippen LogP contribution in [0.2, 0.25) is 0 Å². The fraction of sp³-hybridized carbons (Fsp3) is 0.333. The third kappa shape index (κ3) is 4.31. The quantitative estimate of drug-likeness (QED) is 0.725. The Hall–Kier alpha value is -1.77.